The minimum absolute atomic E-state index is 0.0210. The molecule has 0 radical (unpaired) electrons. The molecule has 6 nitrogen and oxygen atoms in total. The average molecular weight is 497 g/mol. The Kier molecular flexibility index (Phi) is 7.46. The monoisotopic (exact) mass is 496 g/mol. The Balaban J connectivity index is 0.00000148. The van der Waals surface area contributed by atoms with E-state index >= 15 is 0 Å². The second-order valence-corrected chi connectivity index (χ2v) is 9.43. The fourth-order valence-corrected chi connectivity index (χ4v) is 4.79. The maximum atomic E-state index is 14.5. The van der Waals surface area contributed by atoms with Crippen LogP contribution in [-0.4, -0.2) is 40.0 Å². The van der Waals surface area contributed by atoms with Gasteiger partial charge in [0.1, 0.15) is 17.5 Å². The van der Waals surface area contributed by atoms with Crippen LogP contribution in [0.25, 0.3) is 11.0 Å². The molecule has 1 aromatic carbocycles. The predicted molar refractivity (Wildman–Crippen MR) is 133 cm³/mol. The molecule has 1 saturated heterocycles. The van der Waals surface area contributed by atoms with Crippen molar-refractivity contribution in [3.63, 3.8) is 0 Å². The lowest BCUT2D eigenvalue weighted by Crippen LogP contribution is -2.44. The number of halogens is 3. The van der Waals surface area contributed by atoms with Gasteiger partial charge in [0.2, 0.25) is 0 Å². The number of pyridine rings is 1. The van der Waals surface area contributed by atoms with Crippen LogP contribution in [0.15, 0.2) is 24.3 Å². The fraction of sp³-hybridized carbons (Fsp3) is 0.481. The number of likely N-dealkylation sites (tertiary alicyclic amines) is 1. The summed E-state index contributed by atoms with van der Waals surface area (Å²) in [4.78, 5) is 16.1. The maximum Gasteiger partial charge on any atom is 0.266 e. The molecule has 3 aromatic rings. The highest BCUT2D eigenvalue weighted by Crippen LogP contribution is 2.49. The highest BCUT2D eigenvalue weighted by Gasteiger charge is 2.47. The van der Waals surface area contributed by atoms with Crippen molar-refractivity contribution in [1.29, 1.82) is 5.26 Å². The smallest absolute Gasteiger partial charge is 0.266 e. The summed E-state index contributed by atoms with van der Waals surface area (Å²) in [7, 11) is 2.08. The lowest BCUT2D eigenvalue weighted by molar-refractivity contribution is 0.133. The van der Waals surface area contributed by atoms with Gasteiger partial charge in [-0.2, -0.15) is 5.26 Å². The summed E-state index contributed by atoms with van der Waals surface area (Å²) in [6.07, 6.45) is -0.523. The van der Waals surface area contributed by atoms with Crippen LogP contribution in [0.4, 0.5) is 19.0 Å². The van der Waals surface area contributed by atoms with E-state index in [1.54, 1.807) is 6.92 Å². The topological polar surface area (TPSA) is 77.7 Å². The average Bonchev–Trinajstić information content (AvgIpc) is 3.64. The number of rotatable bonds is 7. The molecular formula is C27H31F3N6. The highest BCUT2D eigenvalue weighted by atomic mass is 19.3. The zero-order valence-corrected chi connectivity index (χ0v) is 21.1. The summed E-state index contributed by atoms with van der Waals surface area (Å²) in [5, 5.41) is 13.6. The fourth-order valence-electron chi connectivity index (χ4n) is 4.79. The van der Waals surface area contributed by atoms with Crippen molar-refractivity contribution < 1.29 is 13.2 Å². The second kappa shape index (κ2) is 10.4. The molecule has 0 atom stereocenters. The molecular weight excluding hydrogens is 465 g/mol. The van der Waals surface area contributed by atoms with E-state index in [2.05, 4.69) is 33.3 Å². The zero-order chi connectivity index (χ0) is 26.0. The van der Waals surface area contributed by atoms with Crippen LogP contribution in [0.3, 0.4) is 0 Å². The Morgan fingerprint density at radius 2 is 1.92 bits per heavy atom. The molecule has 3 heterocycles. The third-order valence-corrected chi connectivity index (χ3v) is 6.77. The molecule has 1 aliphatic carbocycles. The SMILES string of the molecule is CC.Cc1nc(NCc2cccc(C(F)F)c2F)c2cc(C3(C#N)CC3)c(CC3CN(C)C3)nc2n1. The van der Waals surface area contributed by atoms with Crippen molar-refractivity contribution in [2.45, 2.75) is 58.4 Å². The van der Waals surface area contributed by atoms with Crippen LogP contribution in [0.2, 0.25) is 0 Å². The number of hydrogen-bond acceptors (Lipinski definition) is 6. The van der Waals surface area contributed by atoms with Crippen LogP contribution >= 0.6 is 0 Å². The lowest BCUT2D eigenvalue weighted by Gasteiger charge is -2.36. The molecule has 36 heavy (non-hydrogen) atoms. The number of alkyl halides is 2. The molecule has 5 rings (SSSR count). The first-order valence-corrected chi connectivity index (χ1v) is 12.4. The number of anilines is 1. The minimum atomic E-state index is -2.89. The molecule has 1 aliphatic heterocycles. The van der Waals surface area contributed by atoms with Crippen molar-refractivity contribution in [3.8, 4) is 6.07 Å². The Bertz CT molecular complexity index is 1290. The molecule has 0 unspecified atom stereocenters. The van der Waals surface area contributed by atoms with Gasteiger partial charge in [0.15, 0.2) is 5.65 Å². The number of nitrogens with zero attached hydrogens (tertiary/aromatic N) is 5. The molecule has 2 fully saturated rings. The van der Waals surface area contributed by atoms with E-state index in [4.69, 9.17) is 4.98 Å². The second-order valence-electron chi connectivity index (χ2n) is 9.43. The zero-order valence-electron chi connectivity index (χ0n) is 21.1. The van der Waals surface area contributed by atoms with Crippen molar-refractivity contribution in [1.82, 2.24) is 19.9 Å². The van der Waals surface area contributed by atoms with E-state index in [1.807, 2.05) is 19.9 Å². The molecule has 2 aliphatic rings. The Hall–Kier alpha value is -3.25. The number of aromatic nitrogens is 3. The molecule has 1 saturated carbocycles. The van der Waals surface area contributed by atoms with E-state index in [1.165, 1.54) is 12.1 Å². The molecule has 0 bridgehead atoms. The van der Waals surface area contributed by atoms with Crippen LogP contribution in [-0.2, 0) is 18.4 Å². The molecule has 9 heteroatoms. The van der Waals surface area contributed by atoms with E-state index in [0.29, 0.717) is 28.6 Å². The van der Waals surface area contributed by atoms with E-state index in [9.17, 15) is 18.4 Å². The van der Waals surface area contributed by atoms with E-state index < -0.39 is 23.2 Å². The van der Waals surface area contributed by atoms with Crippen LogP contribution in [0, 0.1) is 30.0 Å². The Morgan fingerprint density at radius 1 is 1.19 bits per heavy atom. The van der Waals surface area contributed by atoms with Gasteiger partial charge < -0.3 is 10.2 Å². The van der Waals surface area contributed by atoms with Gasteiger partial charge in [-0.1, -0.05) is 32.0 Å². The van der Waals surface area contributed by atoms with Gasteiger partial charge in [0, 0.05) is 30.9 Å². The van der Waals surface area contributed by atoms with Crippen LogP contribution < -0.4 is 5.32 Å². The summed E-state index contributed by atoms with van der Waals surface area (Å²) in [5.41, 5.74) is 1.30. The summed E-state index contributed by atoms with van der Waals surface area (Å²) in [5.74, 6) is 0.511. The van der Waals surface area contributed by atoms with Gasteiger partial charge in [-0.25, -0.2) is 28.1 Å². The first-order chi connectivity index (χ1) is 17.3. The van der Waals surface area contributed by atoms with E-state index in [-0.39, 0.29) is 12.1 Å². The molecule has 190 valence electrons. The van der Waals surface area contributed by atoms with Crippen molar-refractivity contribution in [2.24, 2.45) is 5.92 Å². The van der Waals surface area contributed by atoms with Gasteiger partial charge in [0.25, 0.3) is 6.43 Å². The van der Waals surface area contributed by atoms with Crippen LogP contribution in [0.5, 0.6) is 0 Å². The summed E-state index contributed by atoms with van der Waals surface area (Å²) in [6.45, 7) is 7.72. The summed E-state index contributed by atoms with van der Waals surface area (Å²) < 4.78 is 40.7. The van der Waals surface area contributed by atoms with Gasteiger partial charge in [-0.3, -0.25) is 0 Å². The summed E-state index contributed by atoms with van der Waals surface area (Å²) in [6, 6.07) is 8.39. The number of hydrogen-bond donors (Lipinski definition) is 1. The lowest BCUT2D eigenvalue weighted by atomic mass is 9.88. The first kappa shape index (κ1) is 25.8. The molecule has 0 spiro atoms. The third kappa shape index (κ3) is 5.00. The predicted octanol–water partition coefficient (Wildman–Crippen LogP) is 5.71. The van der Waals surface area contributed by atoms with Gasteiger partial charge in [0.05, 0.1) is 22.4 Å². The number of fused-ring (bicyclic) bond motifs is 1. The standard InChI is InChI=1S/C25H25F3N6.C2H6/c1-14-31-23(30-10-16-4-3-5-17(21(16)26)22(27)28)18-9-19(25(13-29)6-7-25)20(33-24(18)32-14)8-15-11-34(2)12-15;1-2/h3-5,9,15,22H,6-8,10-12H2,1-2H3,(H,30,31,32,33);1-2H3. The Labute approximate surface area is 209 Å². The van der Waals surface area contributed by atoms with Gasteiger partial charge >= 0.3 is 0 Å². The van der Waals surface area contributed by atoms with Gasteiger partial charge in [-0.05, 0) is 50.8 Å². The van der Waals surface area contributed by atoms with Gasteiger partial charge in [-0.15, -0.1) is 0 Å². The molecule has 2 aromatic heterocycles. The van der Waals surface area contributed by atoms with Crippen molar-refractivity contribution in [2.75, 3.05) is 25.5 Å². The normalized spacial score (nSPS) is 16.8. The van der Waals surface area contributed by atoms with Crippen molar-refractivity contribution >= 4 is 16.9 Å². The maximum absolute atomic E-state index is 14.5. The largest absolute Gasteiger partial charge is 0.365 e. The summed E-state index contributed by atoms with van der Waals surface area (Å²) >= 11 is 0. The first-order valence-electron chi connectivity index (χ1n) is 12.4. The molecule has 1 N–H and O–H groups in total. The molecule has 0 amide bonds. The Morgan fingerprint density at radius 3 is 2.53 bits per heavy atom. The van der Waals surface area contributed by atoms with Crippen molar-refractivity contribution in [3.05, 3.63) is 58.3 Å². The number of aryl methyl sites for hydroxylation is 1. The quantitative estimate of drug-likeness (QED) is 0.452. The highest BCUT2D eigenvalue weighted by molar-refractivity contribution is 5.87. The van der Waals surface area contributed by atoms with E-state index in [0.717, 1.165) is 49.7 Å². The minimum Gasteiger partial charge on any atom is -0.365 e. The number of nitrogens with one attached hydrogen (secondary N) is 1. The van der Waals surface area contributed by atoms with Crippen LogP contribution in [0.1, 0.15) is 61.3 Å². The number of benzene rings is 1. The third-order valence-electron chi connectivity index (χ3n) is 6.77. The number of nitriles is 1.